The lowest BCUT2D eigenvalue weighted by Gasteiger charge is -2.43. The number of ether oxygens (including phenoxy) is 2. The van der Waals surface area contributed by atoms with Gasteiger partial charge >= 0.3 is 23.8 Å². The first kappa shape index (κ1) is 42.2. The van der Waals surface area contributed by atoms with Crippen molar-refractivity contribution in [3.63, 3.8) is 0 Å². The second-order valence-corrected chi connectivity index (χ2v) is 16.7. The Morgan fingerprint density at radius 2 is 1.59 bits per heavy atom. The molecule has 3 saturated heterocycles. The highest BCUT2D eigenvalue weighted by Gasteiger charge is 2.37. The Kier molecular flexibility index (Phi) is 13.6. The molecule has 1 atom stereocenters. The molecule has 0 spiro atoms. The molecule has 1 N–H and O–H groups in total. The van der Waals surface area contributed by atoms with E-state index in [0.29, 0.717) is 88.8 Å². The van der Waals surface area contributed by atoms with Crippen molar-refractivity contribution in [3.8, 4) is 0 Å². The van der Waals surface area contributed by atoms with Crippen molar-refractivity contribution in [1.29, 1.82) is 0 Å². The first-order valence-corrected chi connectivity index (χ1v) is 21.2. The highest BCUT2D eigenvalue weighted by Crippen LogP contribution is 2.27. The minimum Gasteiger partial charge on any atom is -0.464 e. The number of nitrogens with zero attached hydrogens (tertiary/aromatic N) is 7. The number of anilines is 1. The number of oxazole rings is 1. The fraction of sp³-hybridized carbons (Fsp3) is 0.605. The molecule has 59 heavy (non-hydrogen) atoms. The number of fused-ring (bicyclic) bond motifs is 2. The molecule has 5 heterocycles. The van der Waals surface area contributed by atoms with Crippen molar-refractivity contribution < 1.29 is 33.1 Å². The summed E-state index contributed by atoms with van der Waals surface area (Å²) in [7, 11) is 5.56. The normalized spacial score (nSPS) is 19.4. The zero-order valence-electron chi connectivity index (χ0n) is 35.0. The zero-order chi connectivity index (χ0) is 41.6. The Balaban J connectivity index is 0.944. The van der Waals surface area contributed by atoms with Gasteiger partial charge in [0.05, 0.1) is 11.9 Å². The number of nitrogens with one attached hydrogen (secondary N) is 1. The van der Waals surface area contributed by atoms with Gasteiger partial charge in [0, 0.05) is 103 Å². The van der Waals surface area contributed by atoms with Crippen molar-refractivity contribution in [2.24, 2.45) is 7.05 Å². The van der Waals surface area contributed by atoms with E-state index < -0.39 is 18.0 Å². The molecule has 1 aromatic heterocycles. The van der Waals surface area contributed by atoms with Crippen LogP contribution in [0.3, 0.4) is 0 Å². The molecule has 3 aromatic rings. The standard InChI is InChI=1S/C43H60N8O8/c1-30-27-31(28-36-39(30)46(4)42(55)58-36)29-37(59-43(56)50-18-12-34(13-19-50)51-20-9-32-7-5-6-8-35(32)44-41(51)54)40(53)49-16-10-33(11-17-49)48-23-21-47(22-24-48)15-14-38(52)57-26-25-45(2)3/h5-8,27-28,33-34,37H,9-26,29H2,1-4H3,(H,44,54)/t37-/m1/s1. The Hall–Kier alpha value is -4.93. The van der Waals surface area contributed by atoms with E-state index in [1.54, 1.807) is 18.0 Å². The molecular formula is C43H60N8O8. The van der Waals surface area contributed by atoms with E-state index in [4.69, 9.17) is 13.9 Å². The first-order chi connectivity index (χ1) is 28.4. The molecule has 7 rings (SSSR count). The van der Waals surface area contributed by atoms with E-state index in [-0.39, 0.29) is 30.4 Å². The van der Waals surface area contributed by atoms with Gasteiger partial charge in [0.1, 0.15) is 6.61 Å². The number of hydrogen-bond acceptors (Lipinski definition) is 11. The maximum absolute atomic E-state index is 14.3. The summed E-state index contributed by atoms with van der Waals surface area (Å²) in [5, 5.41) is 3.05. The molecule has 0 saturated carbocycles. The van der Waals surface area contributed by atoms with Gasteiger partial charge in [0.2, 0.25) is 0 Å². The Morgan fingerprint density at radius 1 is 0.898 bits per heavy atom. The van der Waals surface area contributed by atoms with Crippen molar-refractivity contribution in [2.75, 3.05) is 98.0 Å². The monoisotopic (exact) mass is 816 g/mol. The van der Waals surface area contributed by atoms with E-state index >= 15 is 0 Å². The van der Waals surface area contributed by atoms with E-state index in [1.807, 2.05) is 66.1 Å². The molecule has 4 amide bonds. The van der Waals surface area contributed by atoms with E-state index in [0.717, 1.165) is 67.8 Å². The fourth-order valence-corrected chi connectivity index (χ4v) is 9.06. The lowest BCUT2D eigenvalue weighted by Crippen LogP contribution is -2.55. The summed E-state index contributed by atoms with van der Waals surface area (Å²) in [4.78, 5) is 78.0. The van der Waals surface area contributed by atoms with Crippen LogP contribution < -0.4 is 11.1 Å². The molecule has 0 unspecified atom stereocenters. The third kappa shape index (κ3) is 10.3. The maximum atomic E-state index is 14.3. The van der Waals surface area contributed by atoms with Crippen LogP contribution in [0.5, 0.6) is 0 Å². The Labute approximate surface area is 345 Å². The largest absolute Gasteiger partial charge is 0.464 e. The molecule has 320 valence electrons. The van der Waals surface area contributed by atoms with Crippen LogP contribution in [0.25, 0.3) is 11.1 Å². The van der Waals surface area contributed by atoms with Gasteiger partial charge in [0.25, 0.3) is 5.91 Å². The van der Waals surface area contributed by atoms with Gasteiger partial charge < -0.3 is 43.7 Å². The van der Waals surface area contributed by atoms with Gasteiger partial charge in [-0.2, -0.15) is 0 Å². The number of carbonyl (C=O) groups excluding carboxylic acids is 4. The number of carbonyl (C=O) groups is 4. The maximum Gasteiger partial charge on any atom is 0.419 e. The van der Waals surface area contributed by atoms with Crippen molar-refractivity contribution in [3.05, 3.63) is 63.6 Å². The summed E-state index contributed by atoms with van der Waals surface area (Å²) >= 11 is 0. The molecule has 0 aliphatic carbocycles. The van der Waals surface area contributed by atoms with Gasteiger partial charge in [-0.05, 0) is 81.9 Å². The molecule has 16 nitrogen and oxygen atoms in total. The third-order valence-electron chi connectivity index (χ3n) is 12.5. The summed E-state index contributed by atoms with van der Waals surface area (Å²) in [6, 6.07) is 11.7. The number of aryl methyl sites for hydroxylation is 2. The number of likely N-dealkylation sites (N-methyl/N-ethyl adjacent to an activating group) is 1. The first-order valence-electron chi connectivity index (χ1n) is 21.2. The van der Waals surface area contributed by atoms with Crippen LogP contribution in [0.4, 0.5) is 15.3 Å². The van der Waals surface area contributed by atoms with E-state index in [1.165, 1.54) is 4.57 Å². The number of aromatic nitrogens is 1. The highest BCUT2D eigenvalue weighted by molar-refractivity contribution is 5.91. The van der Waals surface area contributed by atoms with Gasteiger partial charge in [-0.15, -0.1) is 0 Å². The number of benzene rings is 2. The SMILES string of the molecule is Cc1cc(C[C@@H](OC(=O)N2CCC(N3CCc4ccccc4NC3=O)CC2)C(=O)N2CCC(N3CCN(CCC(=O)OCCN(C)C)CC3)CC2)cc2oc(=O)n(C)c12. The van der Waals surface area contributed by atoms with Crippen LogP contribution in [0.15, 0.2) is 45.6 Å². The van der Waals surface area contributed by atoms with Crippen molar-refractivity contribution in [2.45, 2.75) is 70.1 Å². The minimum absolute atomic E-state index is 0.0212. The predicted molar refractivity (Wildman–Crippen MR) is 222 cm³/mol. The Morgan fingerprint density at radius 3 is 2.32 bits per heavy atom. The van der Waals surface area contributed by atoms with Crippen LogP contribution in [-0.2, 0) is 39.0 Å². The summed E-state index contributed by atoms with van der Waals surface area (Å²) < 4.78 is 18.4. The second-order valence-electron chi connectivity index (χ2n) is 16.7. The number of likely N-dealkylation sites (tertiary alicyclic amines) is 2. The summed E-state index contributed by atoms with van der Waals surface area (Å²) in [6.07, 6.45) is 2.49. The lowest BCUT2D eigenvalue weighted by molar-refractivity contribution is -0.144. The second kappa shape index (κ2) is 19.0. The van der Waals surface area contributed by atoms with Gasteiger partial charge in [0.15, 0.2) is 11.7 Å². The smallest absolute Gasteiger partial charge is 0.419 e. The number of urea groups is 1. The highest BCUT2D eigenvalue weighted by atomic mass is 16.6. The van der Waals surface area contributed by atoms with Crippen LogP contribution in [-0.4, -0.2) is 169 Å². The molecule has 0 bridgehead atoms. The van der Waals surface area contributed by atoms with Crippen molar-refractivity contribution >= 4 is 40.8 Å². The van der Waals surface area contributed by atoms with Crippen LogP contribution >= 0.6 is 0 Å². The molecular weight excluding hydrogens is 757 g/mol. The van der Waals surface area contributed by atoms with E-state index in [2.05, 4.69) is 15.1 Å². The predicted octanol–water partition coefficient (Wildman–Crippen LogP) is 3.15. The number of rotatable bonds is 12. The minimum atomic E-state index is -1.07. The number of esters is 1. The zero-order valence-corrected chi connectivity index (χ0v) is 35.0. The van der Waals surface area contributed by atoms with Gasteiger partial charge in [-0.3, -0.25) is 19.1 Å². The topological polar surface area (TPSA) is 153 Å². The Bertz CT molecular complexity index is 2020. The van der Waals surface area contributed by atoms with Crippen LogP contribution in [0.1, 0.15) is 48.8 Å². The fourth-order valence-electron chi connectivity index (χ4n) is 9.06. The molecule has 2 aromatic carbocycles. The molecule has 4 aliphatic rings. The number of para-hydroxylation sites is 1. The molecule has 4 aliphatic heterocycles. The average Bonchev–Trinajstić information content (AvgIpc) is 3.41. The number of piperidine rings is 2. The molecule has 16 heteroatoms. The summed E-state index contributed by atoms with van der Waals surface area (Å²) in [5.41, 5.74) is 4.61. The summed E-state index contributed by atoms with van der Waals surface area (Å²) in [6.45, 7) is 9.77. The van der Waals surface area contributed by atoms with Crippen LogP contribution in [0, 0.1) is 6.92 Å². The number of hydrogen-bond donors (Lipinski definition) is 1. The van der Waals surface area contributed by atoms with Gasteiger partial charge in [-0.25, -0.2) is 14.4 Å². The van der Waals surface area contributed by atoms with Crippen LogP contribution in [0.2, 0.25) is 0 Å². The number of piperazine rings is 1. The van der Waals surface area contributed by atoms with Gasteiger partial charge in [-0.1, -0.05) is 24.3 Å². The van der Waals surface area contributed by atoms with Crippen molar-refractivity contribution in [1.82, 2.24) is 34.0 Å². The average molecular weight is 817 g/mol. The molecule has 3 fully saturated rings. The summed E-state index contributed by atoms with van der Waals surface area (Å²) in [5.74, 6) is -0.861. The molecule has 0 radical (unpaired) electrons. The quantitative estimate of drug-likeness (QED) is 0.269. The third-order valence-corrected chi connectivity index (χ3v) is 12.5. The number of amides is 4. The van der Waals surface area contributed by atoms with E-state index in [9.17, 15) is 24.0 Å². The lowest BCUT2D eigenvalue weighted by atomic mass is 9.99.